The molecule has 2 aliphatic rings. The molecular weight excluding hydrogens is 350 g/mol. The SMILES string of the molecule is CC(=O)N1CCc2cc(S(=O)(=O)N3CCCCC3CN)ccc21.Cl. The van der Waals surface area contributed by atoms with Crippen LogP contribution in [0.5, 0.6) is 0 Å². The van der Waals surface area contributed by atoms with Gasteiger partial charge in [0.1, 0.15) is 0 Å². The fraction of sp³-hybridized carbons (Fsp3) is 0.562. The van der Waals surface area contributed by atoms with Crippen molar-refractivity contribution in [2.24, 2.45) is 5.73 Å². The molecule has 2 heterocycles. The van der Waals surface area contributed by atoms with Crippen molar-refractivity contribution in [3.05, 3.63) is 23.8 Å². The van der Waals surface area contributed by atoms with Crippen LogP contribution < -0.4 is 10.6 Å². The highest BCUT2D eigenvalue weighted by atomic mass is 35.5. The van der Waals surface area contributed by atoms with Crippen LogP contribution in [-0.4, -0.2) is 44.3 Å². The summed E-state index contributed by atoms with van der Waals surface area (Å²) in [4.78, 5) is 13.6. The molecule has 0 aliphatic carbocycles. The van der Waals surface area contributed by atoms with E-state index in [1.54, 1.807) is 27.4 Å². The monoisotopic (exact) mass is 373 g/mol. The van der Waals surface area contributed by atoms with Gasteiger partial charge in [0, 0.05) is 38.3 Å². The number of nitrogens with two attached hydrogens (primary N) is 1. The van der Waals surface area contributed by atoms with Gasteiger partial charge in [-0.2, -0.15) is 4.31 Å². The number of sulfonamides is 1. The van der Waals surface area contributed by atoms with Crippen molar-refractivity contribution in [1.82, 2.24) is 4.31 Å². The molecule has 8 heteroatoms. The van der Waals surface area contributed by atoms with Crippen LogP contribution in [0.3, 0.4) is 0 Å². The lowest BCUT2D eigenvalue weighted by Crippen LogP contribution is -2.47. The van der Waals surface area contributed by atoms with E-state index in [9.17, 15) is 13.2 Å². The molecule has 1 atom stereocenters. The van der Waals surface area contributed by atoms with Crippen molar-refractivity contribution in [3.63, 3.8) is 0 Å². The number of piperidine rings is 1. The average Bonchev–Trinajstić information content (AvgIpc) is 2.98. The summed E-state index contributed by atoms with van der Waals surface area (Å²) in [6, 6.07) is 4.96. The van der Waals surface area contributed by atoms with Crippen LogP contribution >= 0.6 is 12.4 Å². The van der Waals surface area contributed by atoms with Gasteiger partial charge in [-0.05, 0) is 43.0 Å². The van der Waals surface area contributed by atoms with Crippen molar-refractivity contribution >= 4 is 34.0 Å². The van der Waals surface area contributed by atoms with Gasteiger partial charge in [0.15, 0.2) is 0 Å². The molecule has 1 aromatic carbocycles. The molecule has 0 bridgehead atoms. The van der Waals surface area contributed by atoms with Crippen LogP contribution in [0.1, 0.15) is 31.7 Å². The number of amides is 1. The molecule has 24 heavy (non-hydrogen) atoms. The molecule has 6 nitrogen and oxygen atoms in total. The number of carbonyl (C=O) groups excluding carboxylic acids is 1. The number of hydrogen-bond donors (Lipinski definition) is 1. The molecule has 0 aromatic heterocycles. The van der Waals surface area contributed by atoms with E-state index in [-0.39, 0.29) is 24.4 Å². The molecule has 0 saturated carbocycles. The Morgan fingerprint density at radius 3 is 2.71 bits per heavy atom. The Bertz CT molecular complexity index is 723. The Labute approximate surface area is 149 Å². The molecule has 1 amide bonds. The van der Waals surface area contributed by atoms with E-state index in [0.717, 1.165) is 30.5 Å². The van der Waals surface area contributed by atoms with E-state index in [0.29, 0.717) is 31.0 Å². The summed E-state index contributed by atoms with van der Waals surface area (Å²) in [5.41, 5.74) is 7.50. The van der Waals surface area contributed by atoms with Crippen LogP contribution in [0, 0.1) is 0 Å². The highest BCUT2D eigenvalue weighted by Crippen LogP contribution is 2.32. The van der Waals surface area contributed by atoms with Gasteiger partial charge in [-0.15, -0.1) is 12.4 Å². The fourth-order valence-corrected chi connectivity index (χ4v) is 5.28. The lowest BCUT2D eigenvalue weighted by molar-refractivity contribution is -0.116. The molecular formula is C16H24ClN3O3S. The first-order valence-electron chi connectivity index (χ1n) is 8.08. The molecule has 0 spiro atoms. The van der Waals surface area contributed by atoms with Gasteiger partial charge in [-0.25, -0.2) is 8.42 Å². The zero-order valence-electron chi connectivity index (χ0n) is 13.8. The van der Waals surface area contributed by atoms with Gasteiger partial charge in [-0.1, -0.05) is 6.42 Å². The first-order valence-corrected chi connectivity index (χ1v) is 9.52. The fourth-order valence-electron chi connectivity index (χ4n) is 3.53. The minimum Gasteiger partial charge on any atom is -0.329 e. The largest absolute Gasteiger partial charge is 0.329 e. The quantitative estimate of drug-likeness (QED) is 0.870. The van der Waals surface area contributed by atoms with Crippen LogP contribution in [0.4, 0.5) is 5.69 Å². The summed E-state index contributed by atoms with van der Waals surface area (Å²) in [5, 5.41) is 0. The smallest absolute Gasteiger partial charge is 0.243 e. The lowest BCUT2D eigenvalue weighted by atomic mass is 10.1. The van der Waals surface area contributed by atoms with E-state index in [4.69, 9.17) is 5.73 Å². The van der Waals surface area contributed by atoms with Gasteiger partial charge in [0.2, 0.25) is 15.9 Å². The number of fused-ring (bicyclic) bond motifs is 1. The Morgan fingerprint density at radius 1 is 1.29 bits per heavy atom. The van der Waals surface area contributed by atoms with E-state index in [1.807, 2.05) is 0 Å². The number of anilines is 1. The number of hydrogen-bond acceptors (Lipinski definition) is 4. The predicted molar refractivity (Wildman–Crippen MR) is 96.0 cm³/mol. The van der Waals surface area contributed by atoms with Gasteiger partial charge in [0.05, 0.1) is 4.90 Å². The number of rotatable bonds is 3. The topological polar surface area (TPSA) is 83.7 Å². The molecule has 0 radical (unpaired) electrons. The maximum atomic E-state index is 13.0. The molecule has 2 N–H and O–H groups in total. The number of benzene rings is 1. The second-order valence-corrected chi connectivity index (χ2v) is 8.10. The van der Waals surface area contributed by atoms with Crippen molar-refractivity contribution in [2.45, 2.75) is 43.5 Å². The molecule has 1 unspecified atom stereocenters. The second kappa shape index (κ2) is 7.39. The van der Waals surface area contributed by atoms with Crippen LogP contribution in [0.15, 0.2) is 23.1 Å². The summed E-state index contributed by atoms with van der Waals surface area (Å²) >= 11 is 0. The number of halogens is 1. The zero-order chi connectivity index (χ0) is 16.6. The average molecular weight is 374 g/mol. The summed E-state index contributed by atoms with van der Waals surface area (Å²) in [5.74, 6) is -0.0152. The Balaban J connectivity index is 0.00000208. The Kier molecular flexibility index (Phi) is 5.91. The maximum absolute atomic E-state index is 13.0. The summed E-state index contributed by atoms with van der Waals surface area (Å²) in [7, 11) is -3.53. The van der Waals surface area contributed by atoms with Gasteiger partial charge >= 0.3 is 0 Å². The molecule has 3 rings (SSSR count). The summed E-state index contributed by atoms with van der Waals surface area (Å²) < 4.78 is 27.5. The molecule has 1 fully saturated rings. The van der Waals surface area contributed by atoms with Gasteiger partial charge < -0.3 is 10.6 Å². The van der Waals surface area contributed by atoms with Crippen molar-refractivity contribution < 1.29 is 13.2 Å². The van der Waals surface area contributed by atoms with E-state index >= 15 is 0 Å². The number of carbonyl (C=O) groups is 1. The highest BCUT2D eigenvalue weighted by Gasteiger charge is 2.33. The predicted octanol–water partition coefficient (Wildman–Crippen LogP) is 1.52. The first kappa shape index (κ1) is 19.2. The third kappa shape index (κ3) is 3.31. The maximum Gasteiger partial charge on any atom is 0.243 e. The first-order chi connectivity index (χ1) is 10.9. The normalized spacial score (nSPS) is 21.2. The Morgan fingerprint density at radius 2 is 2.04 bits per heavy atom. The van der Waals surface area contributed by atoms with E-state index in [2.05, 4.69) is 0 Å². The molecule has 1 aromatic rings. The Hall–Kier alpha value is -1.15. The van der Waals surface area contributed by atoms with E-state index in [1.165, 1.54) is 6.92 Å². The summed E-state index contributed by atoms with van der Waals surface area (Å²) in [6.45, 7) is 3.02. The molecule has 134 valence electrons. The third-order valence-electron chi connectivity index (χ3n) is 4.78. The van der Waals surface area contributed by atoms with Crippen molar-refractivity contribution in [1.29, 1.82) is 0 Å². The van der Waals surface area contributed by atoms with Gasteiger partial charge in [0.25, 0.3) is 0 Å². The lowest BCUT2D eigenvalue weighted by Gasteiger charge is -2.34. The minimum absolute atomic E-state index is 0. The number of nitrogens with zero attached hydrogens (tertiary/aromatic N) is 2. The third-order valence-corrected chi connectivity index (χ3v) is 6.73. The van der Waals surface area contributed by atoms with Crippen molar-refractivity contribution in [2.75, 3.05) is 24.5 Å². The second-order valence-electron chi connectivity index (χ2n) is 6.21. The highest BCUT2D eigenvalue weighted by molar-refractivity contribution is 7.89. The van der Waals surface area contributed by atoms with Crippen LogP contribution in [0.25, 0.3) is 0 Å². The van der Waals surface area contributed by atoms with Crippen LogP contribution in [0.2, 0.25) is 0 Å². The standard InChI is InChI=1S/C16H23N3O3S.ClH/c1-12(20)18-9-7-13-10-15(5-6-16(13)18)23(21,22)19-8-3-2-4-14(19)11-17;/h5-6,10,14H,2-4,7-9,11,17H2,1H3;1H. The molecule has 1 saturated heterocycles. The van der Waals surface area contributed by atoms with Gasteiger partial charge in [-0.3, -0.25) is 4.79 Å². The zero-order valence-corrected chi connectivity index (χ0v) is 15.4. The van der Waals surface area contributed by atoms with Crippen LogP contribution in [-0.2, 0) is 21.2 Å². The summed E-state index contributed by atoms with van der Waals surface area (Å²) in [6.07, 6.45) is 3.40. The molecule has 2 aliphatic heterocycles. The van der Waals surface area contributed by atoms with Crippen molar-refractivity contribution in [3.8, 4) is 0 Å². The van der Waals surface area contributed by atoms with E-state index < -0.39 is 10.0 Å². The minimum atomic E-state index is -3.53.